The zero-order valence-electron chi connectivity index (χ0n) is 9.10. The number of fused-ring (bicyclic) bond motifs is 1. The quantitative estimate of drug-likeness (QED) is 0.759. The Balaban J connectivity index is 2.27. The Labute approximate surface area is 93.8 Å². The fraction of sp³-hybridized carbons (Fsp3) is 0.417. The molecule has 0 amide bonds. The molecule has 1 atom stereocenters. The van der Waals surface area contributed by atoms with Gasteiger partial charge in [-0.1, -0.05) is 0 Å². The number of methoxy groups -OCH3 is 1. The summed E-state index contributed by atoms with van der Waals surface area (Å²) in [6.45, 7) is 0.628. The summed E-state index contributed by atoms with van der Waals surface area (Å²) in [5.74, 6) is 0.548. The third-order valence-electron chi connectivity index (χ3n) is 2.72. The number of esters is 1. The second-order valence-electron chi connectivity index (χ2n) is 3.88. The lowest BCUT2D eigenvalue weighted by Gasteiger charge is -2.24. The molecule has 0 fully saturated rings. The molecule has 16 heavy (non-hydrogen) atoms. The van der Waals surface area contributed by atoms with Crippen molar-refractivity contribution in [3.63, 3.8) is 0 Å². The molecule has 0 radical (unpaired) electrons. The predicted molar refractivity (Wildman–Crippen MR) is 57.6 cm³/mol. The van der Waals surface area contributed by atoms with Crippen molar-refractivity contribution in [1.82, 2.24) is 0 Å². The van der Waals surface area contributed by atoms with Crippen LogP contribution >= 0.6 is 0 Å². The summed E-state index contributed by atoms with van der Waals surface area (Å²) in [4.78, 5) is 11.3. The van der Waals surface area contributed by atoms with Crippen molar-refractivity contribution in [3.8, 4) is 5.75 Å². The molecule has 1 heterocycles. The Bertz CT molecular complexity index is 400. The average Bonchev–Trinajstić information content (AvgIpc) is 2.36. The number of aliphatic hydroxyl groups excluding tert-OH is 1. The van der Waals surface area contributed by atoms with E-state index in [0.717, 1.165) is 17.7 Å². The van der Waals surface area contributed by atoms with Crippen LogP contribution in [0.1, 0.15) is 15.9 Å². The van der Waals surface area contributed by atoms with Crippen LogP contribution in [-0.2, 0) is 11.2 Å². The number of carbonyl (C=O) groups is 1. The van der Waals surface area contributed by atoms with Gasteiger partial charge in [0.15, 0.2) is 0 Å². The number of carbonyl (C=O) groups excluding carboxylic acids is 1. The molecule has 0 aliphatic carbocycles. The van der Waals surface area contributed by atoms with E-state index in [1.807, 2.05) is 0 Å². The number of benzene rings is 1. The summed E-state index contributed by atoms with van der Waals surface area (Å²) in [6.07, 6.45) is 0.733. The molecule has 1 aromatic rings. The highest BCUT2D eigenvalue weighted by molar-refractivity contribution is 5.89. The van der Waals surface area contributed by atoms with E-state index in [2.05, 4.69) is 4.74 Å². The summed E-state index contributed by atoms with van der Waals surface area (Å²) in [5.41, 5.74) is 1.47. The van der Waals surface area contributed by atoms with Gasteiger partial charge in [-0.2, -0.15) is 0 Å². The number of ether oxygens (including phenoxy) is 2. The summed E-state index contributed by atoms with van der Waals surface area (Å²) in [7, 11) is 1.36. The highest BCUT2D eigenvalue weighted by atomic mass is 16.5. The first-order valence-electron chi connectivity index (χ1n) is 5.19. The third kappa shape index (κ3) is 2.02. The summed E-state index contributed by atoms with van der Waals surface area (Å²) in [6, 6.07) is 5.22. The number of hydrogen-bond donors (Lipinski definition) is 1. The van der Waals surface area contributed by atoms with Crippen LogP contribution in [-0.4, -0.2) is 31.4 Å². The van der Waals surface area contributed by atoms with Crippen molar-refractivity contribution in [2.75, 3.05) is 20.3 Å². The minimum absolute atomic E-state index is 0.0991. The van der Waals surface area contributed by atoms with E-state index in [4.69, 9.17) is 9.84 Å². The number of rotatable bonds is 2. The van der Waals surface area contributed by atoms with Gasteiger partial charge in [-0.15, -0.1) is 0 Å². The Kier molecular flexibility index (Phi) is 3.10. The van der Waals surface area contributed by atoms with Crippen molar-refractivity contribution in [1.29, 1.82) is 0 Å². The first kappa shape index (κ1) is 11.0. The van der Waals surface area contributed by atoms with E-state index in [1.54, 1.807) is 18.2 Å². The third-order valence-corrected chi connectivity index (χ3v) is 2.72. The van der Waals surface area contributed by atoms with Gasteiger partial charge in [0.05, 0.1) is 19.3 Å². The normalized spacial score (nSPS) is 18.5. The van der Waals surface area contributed by atoms with Gasteiger partial charge in [0.25, 0.3) is 0 Å². The van der Waals surface area contributed by atoms with Gasteiger partial charge in [0.1, 0.15) is 5.75 Å². The summed E-state index contributed by atoms with van der Waals surface area (Å²) in [5, 5.41) is 9.07. The second kappa shape index (κ2) is 4.53. The molecule has 0 saturated carbocycles. The van der Waals surface area contributed by atoms with Gasteiger partial charge in [0.2, 0.25) is 0 Å². The van der Waals surface area contributed by atoms with Crippen molar-refractivity contribution in [3.05, 3.63) is 29.3 Å². The number of aliphatic hydroxyl groups is 1. The van der Waals surface area contributed by atoms with Crippen LogP contribution in [0, 0.1) is 5.92 Å². The molecular formula is C12H14O4. The molecule has 4 heteroatoms. The van der Waals surface area contributed by atoms with Crippen molar-refractivity contribution in [2.45, 2.75) is 6.42 Å². The highest BCUT2D eigenvalue weighted by Crippen LogP contribution is 2.28. The first-order chi connectivity index (χ1) is 7.74. The van der Waals surface area contributed by atoms with Crippen LogP contribution in [0.2, 0.25) is 0 Å². The largest absolute Gasteiger partial charge is 0.493 e. The molecule has 4 nitrogen and oxygen atoms in total. The molecule has 1 aliphatic rings. The summed E-state index contributed by atoms with van der Waals surface area (Å²) >= 11 is 0. The Morgan fingerprint density at radius 3 is 3.12 bits per heavy atom. The van der Waals surface area contributed by atoms with Gasteiger partial charge in [-0.3, -0.25) is 0 Å². The maximum atomic E-state index is 11.3. The standard InChI is InChI=1S/C12H14O4/c1-15-12(14)9-2-3-11-10(5-9)4-8(6-13)7-16-11/h2-3,5,8,13H,4,6-7H2,1H3/t8-/m0/s1. The van der Waals surface area contributed by atoms with Gasteiger partial charge in [-0.05, 0) is 30.2 Å². The average molecular weight is 222 g/mol. The molecule has 1 aromatic carbocycles. The predicted octanol–water partition coefficient (Wildman–Crippen LogP) is 1.02. The lowest BCUT2D eigenvalue weighted by atomic mass is 9.96. The van der Waals surface area contributed by atoms with E-state index in [9.17, 15) is 4.79 Å². The van der Waals surface area contributed by atoms with E-state index >= 15 is 0 Å². The summed E-state index contributed by atoms with van der Waals surface area (Å²) < 4.78 is 10.1. The molecule has 0 aromatic heterocycles. The zero-order valence-corrected chi connectivity index (χ0v) is 9.10. The lowest BCUT2D eigenvalue weighted by Crippen LogP contribution is -2.24. The minimum Gasteiger partial charge on any atom is -0.493 e. The first-order valence-corrected chi connectivity index (χ1v) is 5.19. The minimum atomic E-state index is -0.353. The zero-order chi connectivity index (χ0) is 11.5. The smallest absolute Gasteiger partial charge is 0.337 e. The SMILES string of the molecule is COC(=O)c1ccc2c(c1)C[C@@H](CO)CO2. The van der Waals surface area contributed by atoms with Crippen LogP contribution in [0.15, 0.2) is 18.2 Å². The fourth-order valence-electron chi connectivity index (χ4n) is 1.82. The molecule has 0 saturated heterocycles. The van der Waals surface area contributed by atoms with E-state index in [0.29, 0.717) is 12.2 Å². The maximum Gasteiger partial charge on any atom is 0.337 e. The monoisotopic (exact) mass is 222 g/mol. The van der Waals surface area contributed by atoms with Crippen LogP contribution in [0.3, 0.4) is 0 Å². The lowest BCUT2D eigenvalue weighted by molar-refractivity contribution is 0.0600. The molecule has 0 unspecified atom stereocenters. The van der Waals surface area contributed by atoms with Gasteiger partial charge < -0.3 is 14.6 Å². The van der Waals surface area contributed by atoms with Gasteiger partial charge in [-0.25, -0.2) is 4.79 Å². The van der Waals surface area contributed by atoms with Crippen LogP contribution in [0.25, 0.3) is 0 Å². The molecule has 1 aliphatic heterocycles. The molecule has 1 N–H and O–H groups in total. The Morgan fingerprint density at radius 2 is 2.44 bits per heavy atom. The second-order valence-corrected chi connectivity index (χ2v) is 3.88. The Morgan fingerprint density at radius 1 is 1.62 bits per heavy atom. The molecule has 86 valence electrons. The van der Waals surface area contributed by atoms with E-state index in [-0.39, 0.29) is 18.5 Å². The highest BCUT2D eigenvalue weighted by Gasteiger charge is 2.20. The maximum absolute atomic E-state index is 11.3. The van der Waals surface area contributed by atoms with Crippen LogP contribution < -0.4 is 4.74 Å². The van der Waals surface area contributed by atoms with Crippen LogP contribution in [0.4, 0.5) is 0 Å². The van der Waals surface area contributed by atoms with E-state index in [1.165, 1.54) is 7.11 Å². The topological polar surface area (TPSA) is 55.8 Å². The van der Waals surface area contributed by atoms with Crippen LogP contribution in [0.5, 0.6) is 5.75 Å². The molecule has 2 rings (SSSR count). The van der Waals surface area contributed by atoms with E-state index < -0.39 is 0 Å². The molecular weight excluding hydrogens is 208 g/mol. The van der Waals surface area contributed by atoms with Crippen molar-refractivity contribution < 1.29 is 19.4 Å². The van der Waals surface area contributed by atoms with Crippen molar-refractivity contribution >= 4 is 5.97 Å². The van der Waals surface area contributed by atoms with Crippen molar-refractivity contribution in [2.24, 2.45) is 5.92 Å². The molecule has 0 bridgehead atoms. The number of hydrogen-bond acceptors (Lipinski definition) is 4. The molecule has 0 spiro atoms. The van der Waals surface area contributed by atoms with Gasteiger partial charge in [0, 0.05) is 12.5 Å². The Hall–Kier alpha value is -1.55. The fourth-order valence-corrected chi connectivity index (χ4v) is 1.82. The van der Waals surface area contributed by atoms with Gasteiger partial charge >= 0.3 is 5.97 Å².